The molecule has 0 aromatic heterocycles. The normalized spacial score (nSPS) is 16.1. The fourth-order valence-electron chi connectivity index (χ4n) is 2.97. The second-order valence-electron chi connectivity index (χ2n) is 6.39. The summed E-state index contributed by atoms with van der Waals surface area (Å²) >= 11 is 5.84. The lowest BCUT2D eigenvalue weighted by Gasteiger charge is -2.29. The zero-order chi connectivity index (χ0) is 16.7. The number of amides is 1. The van der Waals surface area contributed by atoms with Crippen LogP contribution in [0.4, 0.5) is 0 Å². The summed E-state index contributed by atoms with van der Waals surface area (Å²) < 4.78 is 5.64. The van der Waals surface area contributed by atoms with E-state index in [0.717, 1.165) is 18.8 Å². The first-order valence-electron chi connectivity index (χ1n) is 8.39. The number of carbonyl (C=O) groups excluding carboxylic acids is 1. The molecule has 1 aromatic rings. The maximum Gasteiger partial charge on any atom is 0.222 e. The van der Waals surface area contributed by atoms with Gasteiger partial charge >= 0.3 is 0 Å². The summed E-state index contributed by atoms with van der Waals surface area (Å²) in [6.45, 7) is 5.44. The van der Waals surface area contributed by atoms with E-state index >= 15 is 0 Å². The molecule has 136 valence electrons. The molecule has 0 aliphatic carbocycles. The fraction of sp³-hybridized carbons (Fsp3) is 0.611. The first-order valence-corrected chi connectivity index (χ1v) is 8.77. The van der Waals surface area contributed by atoms with Gasteiger partial charge in [0.15, 0.2) is 0 Å². The number of halogens is 2. The van der Waals surface area contributed by atoms with Crippen LogP contribution in [0.2, 0.25) is 5.02 Å². The summed E-state index contributed by atoms with van der Waals surface area (Å²) in [6.07, 6.45) is 2.98. The molecule has 0 radical (unpaired) electrons. The van der Waals surface area contributed by atoms with Gasteiger partial charge in [-0.2, -0.15) is 0 Å². The van der Waals surface area contributed by atoms with Crippen LogP contribution in [-0.4, -0.2) is 44.1 Å². The van der Waals surface area contributed by atoms with Crippen molar-refractivity contribution in [2.75, 3.05) is 33.3 Å². The molecule has 4 nitrogen and oxygen atoms in total. The Bertz CT molecular complexity index is 490. The highest BCUT2D eigenvalue weighted by molar-refractivity contribution is 6.30. The van der Waals surface area contributed by atoms with Crippen LogP contribution in [0.25, 0.3) is 0 Å². The van der Waals surface area contributed by atoms with Gasteiger partial charge in [0.25, 0.3) is 0 Å². The monoisotopic (exact) mass is 374 g/mol. The molecule has 1 aromatic carbocycles. The Morgan fingerprint density at radius 1 is 1.33 bits per heavy atom. The van der Waals surface area contributed by atoms with E-state index in [2.05, 4.69) is 12.2 Å². The van der Waals surface area contributed by atoms with Crippen LogP contribution in [0.15, 0.2) is 24.3 Å². The van der Waals surface area contributed by atoms with Gasteiger partial charge in [0.2, 0.25) is 5.91 Å². The van der Waals surface area contributed by atoms with Gasteiger partial charge in [0.1, 0.15) is 12.4 Å². The minimum atomic E-state index is 0. The van der Waals surface area contributed by atoms with E-state index in [1.165, 1.54) is 12.8 Å². The molecule has 2 rings (SSSR count). The molecular weight excluding hydrogens is 347 g/mol. The van der Waals surface area contributed by atoms with E-state index in [9.17, 15) is 4.79 Å². The highest BCUT2D eigenvalue weighted by atomic mass is 35.5. The third-order valence-corrected chi connectivity index (χ3v) is 4.87. The molecule has 24 heavy (non-hydrogen) atoms. The largest absolute Gasteiger partial charge is 0.492 e. The van der Waals surface area contributed by atoms with E-state index < -0.39 is 0 Å². The van der Waals surface area contributed by atoms with Crippen LogP contribution in [-0.2, 0) is 4.79 Å². The molecule has 1 aliphatic heterocycles. The molecule has 1 aliphatic rings. The maximum absolute atomic E-state index is 12.3. The number of carbonyl (C=O) groups is 1. The molecule has 1 atom stereocenters. The zero-order valence-corrected chi connectivity index (χ0v) is 16.0. The van der Waals surface area contributed by atoms with Crippen LogP contribution in [0.3, 0.4) is 0 Å². The quantitative estimate of drug-likeness (QED) is 0.792. The number of benzene rings is 1. The number of nitrogens with one attached hydrogen (secondary N) is 1. The molecule has 6 heteroatoms. The molecule has 0 saturated carbocycles. The number of hydrogen-bond acceptors (Lipinski definition) is 3. The van der Waals surface area contributed by atoms with Gasteiger partial charge in [-0.25, -0.2) is 0 Å². The number of nitrogens with zero attached hydrogens (tertiary/aromatic N) is 1. The van der Waals surface area contributed by atoms with Crippen molar-refractivity contribution in [3.63, 3.8) is 0 Å². The number of ether oxygens (including phenoxy) is 1. The molecule has 1 N–H and O–H groups in total. The minimum Gasteiger partial charge on any atom is -0.492 e. The Hall–Kier alpha value is -0.970. The highest BCUT2D eigenvalue weighted by Crippen LogP contribution is 2.24. The van der Waals surface area contributed by atoms with Crippen LogP contribution in [0.1, 0.15) is 26.2 Å². The molecule has 1 unspecified atom stereocenters. The lowest BCUT2D eigenvalue weighted by molar-refractivity contribution is -0.131. The van der Waals surface area contributed by atoms with Gasteiger partial charge in [-0.15, -0.1) is 12.4 Å². The Labute approximate surface area is 156 Å². The topological polar surface area (TPSA) is 41.6 Å². The summed E-state index contributed by atoms with van der Waals surface area (Å²) in [4.78, 5) is 14.1. The van der Waals surface area contributed by atoms with Crippen LogP contribution in [0, 0.1) is 11.8 Å². The fourth-order valence-corrected chi connectivity index (χ4v) is 3.09. The zero-order valence-electron chi connectivity index (χ0n) is 14.5. The summed E-state index contributed by atoms with van der Waals surface area (Å²) in [7, 11) is 1.85. The maximum atomic E-state index is 12.3. The Balaban J connectivity index is 0.00000288. The van der Waals surface area contributed by atoms with Crippen molar-refractivity contribution < 1.29 is 9.53 Å². The molecule has 1 saturated heterocycles. The molecule has 0 spiro atoms. The Morgan fingerprint density at radius 3 is 2.58 bits per heavy atom. The predicted octanol–water partition coefficient (Wildman–Crippen LogP) is 3.62. The number of piperidine rings is 1. The van der Waals surface area contributed by atoms with Gasteiger partial charge < -0.3 is 15.0 Å². The minimum absolute atomic E-state index is 0. The predicted molar refractivity (Wildman–Crippen MR) is 101 cm³/mol. The third kappa shape index (κ3) is 6.88. The SMILES string of the molecule is CC(CC(=O)N(C)CCOc1ccc(Cl)cc1)C1CCNCC1.Cl. The van der Waals surface area contributed by atoms with Gasteiger partial charge in [0, 0.05) is 18.5 Å². The molecule has 0 bridgehead atoms. The summed E-state index contributed by atoms with van der Waals surface area (Å²) in [5.74, 6) is 2.09. The summed E-state index contributed by atoms with van der Waals surface area (Å²) in [5, 5.41) is 4.06. The van der Waals surface area contributed by atoms with Crippen molar-refractivity contribution in [3.05, 3.63) is 29.3 Å². The van der Waals surface area contributed by atoms with Gasteiger partial charge in [0.05, 0.1) is 6.54 Å². The first kappa shape index (κ1) is 21.1. The van der Waals surface area contributed by atoms with E-state index in [-0.39, 0.29) is 18.3 Å². The van der Waals surface area contributed by atoms with Crippen molar-refractivity contribution in [1.82, 2.24) is 10.2 Å². The van der Waals surface area contributed by atoms with Crippen molar-refractivity contribution in [2.45, 2.75) is 26.2 Å². The molecule has 1 heterocycles. The molecule has 1 amide bonds. The average molecular weight is 375 g/mol. The average Bonchev–Trinajstić information content (AvgIpc) is 2.57. The van der Waals surface area contributed by atoms with Crippen LogP contribution >= 0.6 is 24.0 Å². The Morgan fingerprint density at radius 2 is 1.96 bits per heavy atom. The van der Waals surface area contributed by atoms with E-state index in [1.54, 1.807) is 17.0 Å². The smallest absolute Gasteiger partial charge is 0.222 e. The molecular formula is C18H28Cl2N2O2. The third-order valence-electron chi connectivity index (χ3n) is 4.62. The number of likely N-dealkylation sites (N-methyl/N-ethyl adjacent to an activating group) is 1. The standard InChI is InChI=1S/C18H27ClN2O2.ClH/c1-14(15-7-9-20-10-8-15)13-18(22)21(2)11-12-23-17-5-3-16(19)4-6-17;/h3-6,14-15,20H,7-13H2,1-2H3;1H. The van der Waals surface area contributed by atoms with E-state index in [1.807, 2.05) is 19.2 Å². The summed E-state index contributed by atoms with van der Waals surface area (Å²) in [5.41, 5.74) is 0. The van der Waals surface area contributed by atoms with Gasteiger partial charge in [-0.1, -0.05) is 18.5 Å². The number of hydrogen-bond donors (Lipinski definition) is 1. The van der Waals surface area contributed by atoms with Crippen molar-refractivity contribution in [3.8, 4) is 5.75 Å². The van der Waals surface area contributed by atoms with Crippen molar-refractivity contribution in [2.24, 2.45) is 11.8 Å². The van der Waals surface area contributed by atoms with Crippen LogP contribution in [0.5, 0.6) is 5.75 Å². The van der Waals surface area contributed by atoms with E-state index in [4.69, 9.17) is 16.3 Å². The lowest BCUT2D eigenvalue weighted by Crippen LogP contribution is -2.35. The molecule has 1 fully saturated rings. The lowest BCUT2D eigenvalue weighted by atomic mass is 9.84. The summed E-state index contributed by atoms with van der Waals surface area (Å²) in [6, 6.07) is 7.27. The van der Waals surface area contributed by atoms with Gasteiger partial charge in [-0.3, -0.25) is 4.79 Å². The van der Waals surface area contributed by atoms with Crippen LogP contribution < -0.4 is 10.1 Å². The van der Waals surface area contributed by atoms with E-state index in [0.29, 0.717) is 36.4 Å². The first-order chi connectivity index (χ1) is 11.1. The highest BCUT2D eigenvalue weighted by Gasteiger charge is 2.23. The second-order valence-corrected chi connectivity index (χ2v) is 6.82. The number of rotatable bonds is 7. The second kappa shape index (κ2) is 10.8. The van der Waals surface area contributed by atoms with Crippen molar-refractivity contribution in [1.29, 1.82) is 0 Å². The van der Waals surface area contributed by atoms with Crippen molar-refractivity contribution >= 4 is 29.9 Å². The van der Waals surface area contributed by atoms with Gasteiger partial charge in [-0.05, 0) is 62.0 Å². The Kier molecular flexibility index (Phi) is 9.49.